The first-order chi connectivity index (χ1) is 16.7. The molecule has 6 aliphatic rings. The van der Waals surface area contributed by atoms with Gasteiger partial charge in [-0.05, 0) is 110 Å². The Morgan fingerprint density at radius 3 is 2.14 bits per heavy atom. The van der Waals surface area contributed by atoms with Gasteiger partial charge in [0.05, 0.1) is 13.7 Å². The maximum atomic E-state index is 6.69. The van der Waals surface area contributed by atoms with Crippen LogP contribution < -0.4 is 0 Å². The van der Waals surface area contributed by atoms with Crippen LogP contribution in [-0.2, 0) is 4.74 Å². The summed E-state index contributed by atoms with van der Waals surface area (Å²) in [5, 5.41) is 0. The normalized spacial score (nSPS) is 57.2. The van der Waals surface area contributed by atoms with Crippen molar-refractivity contribution in [1.82, 2.24) is 0 Å². The molecule has 6 heteroatoms. The van der Waals surface area contributed by atoms with E-state index in [4.69, 9.17) is 4.74 Å². The molecule has 206 valence electrons. The molecule has 0 aromatic carbocycles. The van der Waals surface area contributed by atoms with Crippen molar-refractivity contribution in [3.05, 3.63) is 0 Å². The van der Waals surface area contributed by atoms with Gasteiger partial charge < -0.3 is 4.74 Å². The van der Waals surface area contributed by atoms with Crippen LogP contribution in [-0.4, -0.2) is 24.0 Å². The molecule has 0 aromatic heterocycles. The fourth-order valence-corrected chi connectivity index (χ4v) is 17.4. The van der Waals surface area contributed by atoms with Crippen molar-refractivity contribution in [2.24, 2.45) is 63.6 Å². The highest BCUT2D eigenvalue weighted by atomic mass is 79.9. The molecule has 6 saturated carbocycles. The van der Waals surface area contributed by atoms with Crippen LogP contribution in [0.1, 0.15) is 92.4 Å². The van der Waals surface area contributed by atoms with Crippen LogP contribution in [0, 0.1) is 63.6 Å². The number of ether oxygens (including phenoxy) is 1. The topological polar surface area (TPSA) is 9.23 Å². The zero-order chi connectivity index (χ0) is 26.3. The average Bonchev–Trinajstić information content (AvgIpc) is 3.50. The van der Waals surface area contributed by atoms with Crippen molar-refractivity contribution < 1.29 is 4.74 Å². The van der Waals surface area contributed by atoms with Crippen LogP contribution in [0.5, 0.6) is 0 Å². The smallest absolute Gasteiger partial charge is 0.101 e. The standard InChI is InChI=1S/C30H45Br5O/c1-16(2)29(33)23(30(29,34)35)13-17(3)20-7-8-21-19-15-28(36-6,24(31)32)27-14-18(27)9-12-26(27,5)22(19)10-11-25(20,21)4/h16-24H,7-15H2,1-6H3/t17-,18-,19+,20-,21+,22+,23+,25-,26-,27-,28+,29-/m1/s1. The average molecular weight is 821 g/mol. The zero-order valence-electron chi connectivity index (χ0n) is 22.9. The SMILES string of the molecule is CO[C@]1(C(Br)Br)C[C@H]2[C@@H]3CC[C@H]([C@H](C)C[C@@H]4C(Br)(Br)[C@@]4(Br)C(C)C)[C@@]3(C)CC[C@@H]2[C@@]2(C)CC[C@@H]3C[C@]312. The molecule has 6 aliphatic carbocycles. The fraction of sp³-hybridized carbons (Fsp3) is 1.00. The van der Waals surface area contributed by atoms with E-state index in [1.54, 1.807) is 0 Å². The van der Waals surface area contributed by atoms with Gasteiger partial charge in [0, 0.05) is 18.4 Å². The molecule has 12 atom stereocenters. The summed E-state index contributed by atoms with van der Waals surface area (Å²) in [6.45, 7) is 12.7. The lowest BCUT2D eigenvalue weighted by Crippen LogP contribution is -2.64. The monoisotopic (exact) mass is 816 g/mol. The Kier molecular flexibility index (Phi) is 6.88. The van der Waals surface area contributed by atoms with Gasteiger partial charge in [-0.2, -0.15) is 0 Å². The number of halogens is 5. The molecule has 1 spiro atoms. The lowest BCUT2D eigenvalue weighted by Gasteiger charge is -2.65. The molecule has 0 radical (unpaired) electrons. The molecule has 0 bridgehead atoms. The van der Waals surface area contributed by atoms with E-state index in [0.29, 0.717) is 28.1 Å². The van der Waals surface area contributed by atoms with E-state index in [0.717, 1.165) is 35.5 Å². The number of methoxy groups -OCH3 is 1. The second-order valence-electron chi connectivity index (χ2n) is 14.8. The first kappa shape index (κ1) is 28.5. The second-order valence-corrected chi connectivity index (χ2v) is 22.8. The summed E-state index contributed by atoms with van der Waals surface area (Å²) < 4.78 is 7.13. The summed E-state index contributed by atoms with van der Waals surface area (Å²) in [7, 11) is 2.02. The van der Waals surface area contributed by atoms with E-state index in [9.17, 15) is 0 Å². The van der Waals surface area contributed by atoms with Gasteiger partial charge >= 0.3 is 0 Å². The lowest BCUT2D eigenvalue weighted by molar-refractivity contribution is -0.206. The predicted octanol–water partition coefficient (Wildman–Crippen LogP) is 10.7. The quantitative estimate of drug-likeness (QED) is 0.243. The van der Waals surface area contributed by atoms with Crippen LogP contribution in [0.15, 0.2) is 0 Å². The maximum Gasteiger partial charge on any atom is 0.101 e. The minimum atomic E-state index is -0.0710. The highest BCUT2D eigenvalue weighted by molar-refractivity contribution is 9.26. The Balaban J connectivity index is 1.28. The van der Waals surface area contributed by atoms with Crippen molar-refractivity contribution in [1.29, 1.82) is 0 Å². The van der Waals surface area contributed by atoms with E-state index < -0.39 is 0 Å². The highest BCUT2D eigenvalue weighted by Crippen LogP contribution is 2.86. The van der Waals surface area contributed by atoms with Crippen LogP contribution in [0.3, 0.4) is 0 Å². The van der Waals surface area contributed by atoms with Crippen LogP contribution >= 0.6 is 79.6 Å². The Hall–Kier alpha value is 2.36. The lowest BCUT2D eigenvalue weighted by atomic mass is 9.43. The summed E-state index contributed by atoms with van der Waals surface area (Å²) in [6.07, 6.45) is 12.5. The molecule has 0 N–H and O–H groups in total. The minimum Gasteiger partial charge on any atom is -0.376 e. The summed E-state index contributed by atoms with van der Waals surface area (Å²) in [5.41, 5.74) is 1.22. The van der Waals surface area contributed by atoms with Crippen molar-refractivity contribution in [2.75, 3.05) is 7.11 Å². The first-order valence-corrected chi connectivity index (χ1v) is 18.8. The van der Waals surface area contributed by atoms with Gasteiger partial charge in [-0.1, -0.05) is 114 Å². The molecular weight excluding hydrogens is 776 g/mol. The molecule has 0 heterocycles. The third-order valence-electron chi connectivity index (χ3n) is 14.0. The Morgan fingerprint density at radius 2 is 1.58 bits per heavy atom. The van der Waals surface area contributed by atoms with Gasteiger partial charge in [0.2, 0.25) is 0 Å². The third-order valence-corrected chi connectivity index (χ3v) is 21.0. The Bertz CT molecular complexity index is 923. The van der Waals surface area contributed by atoms with Gasteiger partial charge in [0.15, 0.2) is 0 Å². The van der Waals surface area contributed by atoms with Crippen molar-refractivity contribution in [3.63, 3.8) is 0 Å². The number of hydrogen-bond donors (Lipinski definition) is 0. The Morgan fingerprint density at radius 1 is 0.889 bits per heavy atom. The van der Waals surface area contributed by atoms with Gasteiger partial charge in [-0.3, -0.25) is 0 Å². The number of alkyl halides is 5. The number of rotatable bonds is 6. The number of hydrogen-bond acceptors (Lipinski definition) is 1. The number of fused-ring (bicyclic) bond motifs is 4. The molecule has 0 saturated heterocycles. The van der Waals surface area contributed by atoms with E-state index in [-0.39, 0.29) is 16.9 Å². The van der Waals surface area contributed by atoms with Crippen molar-refractivity contribution in [3.8, 4) is 0 Å². The predicted molar refractivity (Wildman–Crippen MR) is 169 cm³/mol. The van der Waals surface area contributed by atoms with Crippen LogP contribution in [0.25, 0.3) is 0 Å². The summed E-state index contributed by atoms with van der Waals surface area (Å²) in [6, 6.07) is 0. The molecule has 1 nitrogen and oxygen atoms in total. The van der Waals surface area contributed by atoms with Crippen molar-refractivity contribution >= 4 is 79.6 Å². The van der Waals surface area contributed by atoms with Crippen LogP contribution in [0.2, 0.25) is 0 Å². The van der Waals surface area contributed by atoms with E-state index in [1.807, 2.05) is 7.11 Å². The molecule has 6 rings (SSSR count). The minimum absolute atomic E-state index is 0.0421. The van der Waals surface area contributed by atoms with Crippen molar-refractivity contribution in [2.45, 2.75) is 109 Å². The summed E-state index contributed by atoms with van der Waals surface area (Å²) in [5.74, 6) is 6.25. The summed E-state index contributed by atoms with van der Waals surface area (Å²) >= 11 is 20.4. The second kappa shape index (κ2) is 8.70. The van der Waals surface area contributed by atoms with E-state index >= 15 is 0 Å². The highest BCUT2D eigenvalue weighted by Gasteiger charge is 2.83. The fourth-order valence-electron chi connectivity index (χ4n) is 12.2. The van der Waals surface area contributed by atoms with Gasteiger partial charge in [0.1, 0.15) is 3.23 Å². The zero-order valence-corrected chi connectivity index (χ0v) is 30.8. The molecule has 0 aromatic rings. The molecule has 6 fully saturated rings. The van der Waals surface area contributed by atoms with Gasteiger partial charge in [-0.15, -0.1) is 0 Å². The third kappa shape index (κ3) is 3.19. The Labute approximate surface area is 262 Å². The molecule has 0 aliphatic heterocycles. The van der Waals surface area contributed by atoms with Crippen LogP contribution in [0.4, 0.5) is 0 Å². The molecule has 0 unspecified atom stereocenters. The largest absolute Gasteiger partial charge is 0.376 e. The van der Waals surface area contributed by atoms with E-state index in [2.05, 4.69) is 114 Å². The van der Waals surface area contributed by atoms with Gasteiger partial charge in [0.25, 0.3) is 0 Å². The van der Waals surface area contributed by atoms with E-state index in [1.165, 1.54) is 57.8 Å². The molecular formula is C30H45Br5O. The first-order valence-electron chi connectivity index (χ1n) is 14.6. The summed E-state index contributed by atoms with van der Waals surface area (Å²) in [4.78, 5) is 0. The molecule has 36 heavy (non-hydrogen) atoms. The van der Waals surface area contributed by atoms with Gasteiger partial charge in [-0.25, -0.2) is 0 Å². The molecule has 0 amide bonds. The maximum absolute atomic E-state index is 6.69.